The Morgan fingerprint density at radius 1 is 1.28 bits per heavy atom. The number of nitro benzene ring substituents is 1. The summed E-state index contributed by atoms with van der Waals surface area (Å²) in [6.45, 7) is 1.14. The van der Waals surface area contributed by atoms with E-state index in [4.69, 9.17) is 4.74 Å². The lowest BCUT2D eigenvalue weighted by Crippen LogP contribution is -2.29. The van der Waals surface area contributed by atoms with Crippen LogP contribution in [0.1, 0.15) is 12.0 Å². The number of amides is 1. The second-order valence-corrected chi connectivity index (χ2v) is 5.66. The molecule has 1 saturated heterocycles. The van der Waals surface area contributed by atoms with Gasteiger partial charge in [0.15, 0.2) is 0 Å². The van der Waals surface area contributed by atoms with E-state index in [1.807, 2.05) is 12.1 Å². The third-order valence-electron chi connectivity index (χ3n) is 3.90. The fraction of sp³-hybridized carbons (Fsp3) is 0.222. The number of carbonyl (C=O) groups excluding carboxylic acids is 1. The van der Waals surface area contributed by atoms with Crippen molar-refractivity contribution in [3.8, 4) is 5.88 Å². The fourth-order valence-corrected chi connectivity index (χ4v) is 2.59. The van der Waals surface area contributed by atoms with Crippen LogP contribution in [0.15, 0.2) is 54.7 Å². The van der Waals surface area contributed by atoms with Gasteiger partial charge < -0.3 is 9.64 Å². The molecule has 0 saturated carbocycles. The predicted octanol–water partition coefficient (Wildman–Crippen LogP) is 2.68. The van der Waals surface area contributed by atoms with Crippen molar-refractivity contribution in [2.45, 2.75) is 12.5 Å². The largest absolute Gasteiger partial charge is 0.472 e. The van der Waals surface area contributed by atoms with E-state index in [2.05, 4.69) is 4.98 Å². The topological polar surface area (TPSA) is 85.6 Å². The Hall–Kier alpha value is -3.22. The lowest BCUT2D eigenvalue weighted by Gasteiger charge is -2.15. The molecule has 2 heterocycles. The van der Waals surface area contributed by atoms with Crippen molar-refractivity contribution in [2.24, 2.45) is 0 Å². The Balaban J connectivity index is 1.54. The summed E-state index contributed by atoms with van der Waals surface area (Å²) in [6.07, 6.45) is 5.49. The van der Waals surface area contributed by atoms with Gasteiger partial charge >= 0.3 is 0 Å². The van der Waals surface area contributed by atoms with Gasteiger partial charge in [-0.1, -0.05) is 6.07 Å². The zero-order valence-corrected chi connectivity index (χ0v) is 13.4. The quantitative estimate of drug-likeness (QED) is 0.475. The molecule has 25 heavy (non-hydrogen) atoms. The van der Waals surface area contributed by atoms with Crippen LogP contribution in [0, 0.1) is 10.1 Å². The molecule has 1 fully saturated rings. The van der Waals surface area contributed by atoms with E-state index >= 15 is 0 Å². The van der Waals surface area contributed by atoms with Crippen molar-refractivity contribution in [2.75, 3.05) is 13.1 Å². The van der Waals surface area contributed by atoms with Crippen LogP contribution in [0.4, 0.5) is 5.69 Å². The number of aromatic nitrogens is 1. The van der Waals surface area contributed by atoms with E-state index in [1.54, 1.807) is 35.4 Å². The zero-order valence-electron chi connectivity index (χ0n) is 13.4. The molecule has 0 radical (unpaired) electrons. The molecule has 1 aliphatic rings. The predicted molar refractivity (Wildman–Crippen MR) is 92.0 cm³/mol. The summed E-state index contributed by atoms with van der Waals surface area (Å²) in [5, 5.41) is 10.6. The maximum absolute atomic E-state index is 12.3. The minimum Gasteiger partial charge on any atom is -0.472 e. The van der Waals surface area contributed by atoms with E-state index in [0.29, 0.717) is 19.0 Å². The number of ether oxygens (including phenoxy) is 1. The lowest BCUT2D eigenvalue weighted by molar-refractivity contribution is -0.384. The van der Waals surface area contributed by atoms with Gasteiger partial charge in [-0.3, -0.25) is 14.9 Å². The van der Waals surface area contributed by atoms with Crippen LogP contribution < -0.4 is 4.74 Å². The second-order valence-electron chi connectivity index (χ2n) is 5.66. The van der Waals surface area contributed by atoms with Crippen LogP contribution in [0.3, 0.4) is 0 Å². The first-order chi connectivity index (χ1) is 12.1. The molecule has 1 unspecified atom stereocenters. The van der Waals surface area contributed by atoms with Gasteiger partial charge in [-0.15, -0.1) is 0 Å². The summed E-state index contributed by atoms with van der Waals surface area (Å²) in [6, 6.07) is 11.5. The molecule has 7 nitrogen and oxygen atoms in total. The molecule has 128 valence electrons. The van der Waals surface area contributed by atoms with Crippen molar-refractivity contribution in [1.82, 2.24) is 9.88 Å². The van der Waals surface area contributed by atoms with Crippen molar-refractivity contribution < 1.29 is 14.5 Å². The molecule has 2 aromatic rings. The van der Waals surface area contributed by atoms with Crippen molar-refractivity contribution in [3.63, 3.8) is 0 Å². The number of rotatable bonds is 5. The molecule has 1 aliphatic heterocycles. The number of hydrogen-bond acceptors (Lipinski definition) is 5. The molecule has 0 aliphatic carbocycles. The standard InChI is InChI=1S/C18H17N3O4/c22-18(9-6-14-4-7-15(8-5-14)21(23)24)20-12-10-16(13-20)25-17-3-1-2-11-19-17/h1-9,11,16H,10,12-13H2/b9-6+. The number of likely N-dealkylation sites (tertiary alicyclic amines) is 1. The Labute approximate surface area is 144 Å². The first-order valence-corrected chi connectivity index (χ1v) is 7.91. The van der Waals surface area contributed by atoms with Gasteiger partial charge in [0.2, 0.25) is 11.8 Å². The first kappa shape index (κ1) is 16.6. The first-order valence-electron chi connectivity index (χ1n) is 7.91. The Morgan fingerprint density at radius 2 is 2.08 bits per heavy atom. The van der Waals surface area contributed by atoms with Crippen molar-refractivity contribution >= 4 is 17.7 Å². The van der Waals surface area contributed by atoms with Gasteiger partial charge in [-0.05, 0) is 29.8 Å². The van der Waals surface area contributed by atoms with Gasteiger partial charge in [0.05, 0.1) is 11.5 Å². The highest BCUT2D eigenvalue weighted by atomic mass is 16.6. The average Bonchev–Trinajstić information content (AvgIpc) is 3.09. The molecule has 1 amide bonds. The highest BCUT2D eigenvalue weighted by Crippen LogP contribution is 2.17. The normalized spacial score (nSPS) is 17.0. The van der Waals surface area contributed by atoms with Gasteiger partial charge in [0.1, 0.15) is 6.10 Å². The minimum atomic E-state index is -0.454. The molecule has 0 spiro atoms. The van der Waals surface area contributed by atoms with E-state index in [0.717, 1.165) is 12.0 Å². The van der Waals surface area contributed by atoms with Crippen LogP contribution in [0.2, 0.25) is 0 Å². The maximum Gasteiger partial charge on any atom is 0.269 e. The third kappa shape index (κ3) is 4.41. The summed E-state index contributed by atoms with van der Waals surface area (Å²) < 4.78 is 5.76. The molecule has 0 bridgehead atoms. The Bertz CT molecular complexity index is 775. The summed E-state index contributed by atoms with van der Waals surface area (Å²) in [4.78, 5) is 28.3. The number of benzene rings is 1. The molecule has 1 aromatic heterocycles. The number of carbonyl (C=O) groups is 1. The third-order valence-corrected chi connectivity index (χ3v) is 3.90. The zero-order chi connectivity index (χ0) is 17.6. The van der Waals surface area contributed by atoms with Gasteiger partial charge in [0, 0.05) is 43.4 Å². The van der Waals surface area contributed by atoms with Gasteiger partial charge in [-0.25, -0.2) is 4.98 Å². The van der Waals surface area contributed by atoms with Crippen molar-refractivity contribution in [3.05, 3.63) is 70.4 Å². The Kier molecular flexibility index (Phi) is 5.03. The smallest absolute Gasteiger partial charge is 0.269 e. The van der Waals surface area contributed by atoms with E-state index in [-0.39, 0.29) is 17.7 Å². The van der Waals surface area contributed by atoms with Crippen LogP contribution in [0.25, 0.3) is 6.08 Å². The molecule has 1 aromatic carbocycles. The Morgan fingerprint density at radius 3 is 2.76 bits per heavy atom. The van der Waals surface area contributed by atoms with Crippen molar-refractivity contribution in [1.29, 1.82) is 0 Å². The van der Waals surface area contributed by atoms with Gasteiger partial charge in [0.25, 0.3) is 5.69 Å². The molecular formula is C18H17N3O4. The number of nitro groups is 1. The molecular weight excluding hydrogens is 322 g/mol. The van der Waals surface area contributed by atoms with Crippen LogP contribution in [-0.2, 0) is 4.79 Å². The SMILES string of the molecule is O=C(/C=C/c1ccc([N+](=O)[O-])cc1)N1CCC(Oc2ccccn2)C1. The fourth-order valence-electron chi connectivity index (χ4n) is 2.59. The van der Waals surface area contributed by atoms with E-state index in [9.17, 15) is 14.9 Å². The summed E-state index contributed by atoms with van der Waals surface area (Å²) in [7, 11) is 0. The number of nitrogens with zero attached hydrogens (tertiary/aromatic N) is 3. The maximum atomic E-state index is 12.3. The average molecular weight is 339 g/mol. The highest BCUT2D eigenvalue weighted by molar-refractivity contribution is 5.92. The number of non-ortho nitro benzene ring substituents is 1. The second kappa shape index (κ2) is 7.57. The summed E-state index contributed by atoms with van der Waals surface area (Å²) in [5.41, 5.74) is 0.761. The lowest BCUT2D eigenvalue weighted by atomic mass is 10.2. The minimum absolute atomic E-state index is 0.0255. The van der Waals surface area contributed by atoms with Crippen LogP contribution >= 0.6 is 0 Å². The molecule has 0 N–H and O–H groups in total. The summed E-state index contributed by atoms with van der Waals surface area (Å²) in [5.74, 6) is 0.452. The van der Waals surface area contributed by atoms with Crippen LogP contribution in [0.5, 0.6) is 5.88 Å². The molecule has 7 heteroatoms. The van der Waals surface area contributed by atoms with E-state index in [1.165, 1.54) is 18.2 Å². The highest BCUT2D eigenvalue weighted by Gasteiger charge is 2.26. The van der Waals surface area contributed by atoms with Gasteiger partial charge in [-0.2, -0.15) is 0 Å². The molecule has 3 rings (SSSR count). The monoisotopic (exact) mass is 339 g/mol. The number of hydrogen-bond donors (Lipinski definition) is 0. The number of pyridine rings is 1. The summed E-state index contributed by atoms with van der Waals surface area (Å²) >= 11 is 0. The van der Waals surface area contributed by atoms with E-state index < -0.39 is 4.92 Å². The molecule has 1 atom stereocenters. The van der Waals surface area contributed by atoms with Crippen LogP contribution in [-0.4, -0.2) is 39.9 Å².